The fourth-order valence-electron chi connectivity index (χ4n) is 4.28. The van der Waals surface area contributed by atoms with Gasteiger partial charge in [-0.3, -0.25) is 9.59 Å². The van der Waals surface area contributed by atoms with Crippen LogP contribution >= 0.6 is 0 Å². The molecule has 1 N–H and O–H groups in total. The SMILES string of the molecule is COc1ccccc1CNC(=O)C1CCC(=O)N1C1CCCCCCC1. The number of para-hydroxylation sites is 1. The van der Waals surface area contributed by atoms with E-state index in [1.54, 1.807) is 7.11 Å². The molecule has 2 amide bonds. The van der Waals surface area contributed by atoms with Crippen molar-refractivity contribution in [1.82, 2.24) is 10.2 Å². The molecule has 0 aromatic heterocycles. The largest absolute Gasteiger partial charge is 0.496 e. The molecule has 0 radical (unpaired) electrons. The molecule has 1 aromatic rings. The highest BCUT2D eigenvalue weighted by atomic mass is 16.5. The van der Waals surface area contributed by atoms with Crippen LogP contribution in [0.3, 0.4) is 0 Å². The molecular weight excluding hydrogens is 328 g/mol. The average Bonchev–Trinajstić information content (AvgIpc) is 3.01. The van der Waals surface area contributed by atoms with E-state index in [9.17, 15) is 9.59 Å². The van der Waals surface area contributed by atoms with E-state index in [0.29, 0.717) is 19.4 Å². The van der Waals surface area contributed by atoms with E-state index in [4.69, 9.17) is 4.74 Å². The van der Waals surface area contributed by atoms with Crippen LogP contribution in [0.4, 0.5) is 0 Å². The van der Waals surface area contributed by atoms with Crippen molar-refractivity contribution in [3.63, 3.8) is 0 Å². The topological polar surface area (TPSA) is 58.6 Å². The summed E-state index contributed by atoms with van der Waals surface area (Å²) in [5, 5.41) is 3.02. The first-order valence-corrected chi connectivity index (χ1v) is 9.91. The molecule has 1 aromatic carbocycles. The van der Waals surface area contributed by atoms with Crippen LogP contribution in [-0.4, -0.2) is 35.9 Å². The summed E-state index contributed by atoms with van der Waals surface area (Å²) in [5.41, 5.74) is 0.949. The highest BCUT2D eigenvalue weighted by Crippen LogP contribution is 2.29. The number of nitrogens with zero attached hydrogens (tertiary/aromatic N) is 1. The first-order valence-electron chi connectivity index (χ1n) is 9.91. The van der Waals surface area contributed by atoms with Gasteiger partial charge in [0.15, 0.2) is 0 Å². The fraction of sp³-hybridized carbons (Fsp3) is 0.619. The van der Waals surface area contributed by atoms with Crippen molar-refractivity contribution in [2.45, 2.75) is 76.4 Å². The van der Waals surface area contributed by atoms with Crippen LogP contribution in [-0.2, 0) is 16.1 Å². The molecular formula is C21H30N2O3. The summed E-state index contributed by atoms with van der Waals surface area (Å²) in [6, 6.07) is 7.60. The maximum atomic E-state index is 12.8. The van der Waals surface area contributed by atoms with Gasteiger partial charge in [0.05, 0.1) is 7.11 Å². The summed E-state index contributed by atoms with van der Waals surface area (Å²) >= 11 is 0. The lowest BCUT2D eigenvalue weighted by atomic mass is 9.95. The third-order valence-corrected chi connectivity index (χ3v) is 5.67. The molecule has 1 unspecified atom stereocenters. The van der Waals surface area contributed by atoms with E-state index >= 15 is 0 Å². The normalized spacial score (nSPS) is 22.0. The van der Waals surface area contributed by atoms with Crippen molar-refractivity contribution >= 4 is 11.8 Å². The Morgan fingerprint density at radius 1 is 1.12 bits per heavy atom. The van der Waals surface area contributed by atoms with Gasteiger partial charge in [0, 0.05) is 24.6 Å². The van der Waals surface area contributed by atoms with Crippen molar-refractivity contribution in [2.75, 3.05) is 7.11 Å². The predicted octanol–water partition coefficient (Wildman–Crippen LogP) is 3.42. The van der Waals surface area contributed by atoms with Crippen molar-refractivity contribution in [1.29, 1.82) is 0 Å². The maximum absolute atomic E-state index is 12.8. The Labute approximate surface area is 156 Å². The Hall–Kier alpha value is -2.04. The number of methoxy groups -OCH3 is 1. The van der Waals surface area contributed by atoms with E-state index in [0.717, 1.165) is 37.0 Å². The van der Waals surface area contributed by atoms with Crippen LogP contribution in [0.1, 0.15) is 63.4 Å². The van der Waals surface area contributed by atoms with E-state index in [-0.39, 0.29) is 23.9 Å². The molecule has 26 heavy (non-hydrogen) atoms. The summed E-state index contributed by atoms with van der Waals surface area (Å²) < 4.78 is 5.35. The number of amides is 2. The molecule has 1 heterocycles. The number of benzene rings is 1. The van der Waals surface area contributed by atoms with Crippen LogP contribution in [0.5, 0.6) is 5.75 Å². The zero-order chi connectivity index (χ0) is 18.4. The van der Waals surface area contributed by atoms with Gasteiger partial charge in [-0.15, -0.1) is 0 Å². The Morgan fingerprint density at radius 3 is 2.54 bits per heavy atom. The summed E-state index contributed by atoms with van der Waals surface area (Å²) in [6.45, 7) is 0.423. The van der Waals surface area contributed by atoms with Gasteiger partial charge in [-0.1, -0.05) is 50.3 Å². The van der Waals surface area contributed by atoms with Crippen LogP contribution in [0.15, 0.2) is 24.3 Å². The third kappa shape index (κ3) is 4.37. The molecule has 1 saturated heterocycles. The van der Waals surface area contributed by atoms with E-state index in [1.807, 2.05) is 29.2 Å². The molecule has 1 atom stereocenters. The number of hydrogen-bond donors (Lipinski definition) is 1. The molecule has 0 bridgehead atoms. The summed E-state index contributed by atoms with van der Waals surface area (Å²) in [4.78, 5) is 27.2. The van der Waals surface area contributed by atoms with E-state index in [2.05, 4.69) is 5.32 Å². The number of rotatable bonds is 5. The number of ether oxygens (including phenoxy) is 1. The highest BCUT2D eigenvalue weighted by Gasteiger charge is 2.39. The average molecular weight is 358 g/mol. The predicted molar refractivity (Wildman–Crippen MR) is 101 cm³/mol. The van der Waals surface area contributed by atoms with Crippen molar-refractivity contribution in [3.05, 3.63) is 29.8 Å². The second-order valence-corrected chi connectivity index (χ2v) is 7.38. The molecule has 1 aliphatic heterocycles. The Kier molecular flexibility index (Phi) is 6.53. The lowest BCUT2D eigenvalue weighted by Crippen LogP contribution is -2.49. The highest BCUT2D eigenvalue weighted by molar-refractivity contribution is 5.91. The van der Waals surface area contributed by atoms with Gasteiger partial charge in [0.2, 0.25) is 11.8 Å². The van der Waals surface area contributed by atoms with Gasteiger partial charge < -0.3 is 15.0 Å². The monoisotopic (exact) mass is 358 g/mol. The molecule has 142 valence electrons. The van der Waals surface area contributed by atoms with Gasteiger partial charge in [-0.2, -0.15) is 0 Å². The van der Waals surface area contributed by atoms with Crippen LogP contribution in [0, 0.1) is 0 Å². The molecule has 5 heteroatoms. The van der Waals surface area contributed by atoms with Crippen LogP contribution in [0.25, 0.3) is 0 Å². The summed E-state index contributed by atoms with van der Waals surface area (Å²) in [7, 11) is 1.63. The first kappa shape index (κ1) is 18.7. The molecule has 2 fully saturated rings. The Bertz CT molecular complexity index is 623. The molecule has 1 aliphatic carbocycles. The number of carbonyl (C=O) groups is 2. The molecule has 5 nitrogen and oxygen atoms in total. The minimum Gasteiger partial charge on any atom is -0.496 e. The smallest absolute Gasteiger partial charge is 0.243 e. The first-order chi connectivity index (χ1) is 12.7. The second-order valence-electron chi connectivity index (χ2n) is 7.38. The summed E-state index contributed by atoms with van der Waals surface area (Å²) in [5.74, 6) is 0.879. The van der Waals surface area contributed by atoms with Crippen molar-refractivity contribution < 1.29 is 14.3 Å². The van der Waals surface area contributed by atoms with Gasteiger partial charge >= 0.3 is 0 Å². The van der Waals surface area contributed by atoms with Gasteiger partial charge in [0.25, 0.3) is 0 Å². The zero-order valence-electron chi connectivity index (χ0n) is 15.7. The third-order valence-electron chi connectivity index (χ3n) is 5.67. The number of nitrogens with one attached hydrogen (secondary N) is 1. The molecule has 2 aliphatic rings. The number of hydrogen-bond acceptors (Lipinski definition) is 3. The zero-order valence-corrected chi connectivity index (χ0v) is 15.7. The van der Waals surface area contributed by atoms with E-state index in [1.165, 1.54) is 19.3 Å². The quantitative estimate of drug-likeness (QED) is 0.877. The standard InChI is InChI=1S/C21H30N2O3/c1-26-19-12-8-7-9-16(19)15-22-21(25)18-13-14-20(24)23(18)17-10-5-3-2-4-6-11-17/h7-9,12,17-18H,2-6,10-11,13-15H2,1H3,(H,22,25). The van der Waals surface area contributed by atoms with Crippen LogP contribution < -0.4 is 10.1 Å². The van der Waals surface area contributed by atoms with Gasteiger partial charge in [-0.05, 0) is 25.3 Å². The maximum Gasteiger partial charge on any atom is 0.243 e. The number of carbonyl (C=O) groups excluding carboxylic acids is 2. The minimum absolute atomic E-state index is 0.0381. The van der Waals surface area contributed by atoms with Gasteiger partial charge in [0.1, 0.15) is 11.8 Å². The fourth-order valence-corrected chi connectivity index (χ4v) is 4.28. The molecule has 1 saturated carbocycles. The molecule has 3 rings (SSSR count). The Morgan fingerprint density at radius 2 is 1.81 bits per heavy atom. The van der Waals surface area contributed by atoms with Crippen LogP contribution in [0.2, 0.25) is 0 Å². The second kappa shape index (κ2) is 9.06. The van der Waals surface area contributed by atoms with Crippen molar-refractivity contribution in [3.8, 4) is 5.75 Å². The van der Waals surface area contributed by atoms with Gasteiger partial charge in [-0.25, -0.2) is 0 Å². The summed E-state index contributed by atoms with van der Waals surface area (Å²) in [6.07, 6.45) is 9.27. The lowest BCUT2D eigenvalue weighted by molar-refractivity contribution is -0.138. The van der Waals surface area contributed by atoms with E-state index < -0.39 is 0 Å². The minimum atomic E-state index is -0.318. The Balaban J connectivity index is 1.64. The van der Waals surface area contributed by atoms with Crippen molar-refractivity contribution in [2.24, 2.45) is 0 Å². The molecule has 0 spiro atoms. The number of likely N-dealkylation sites (tertiary alicyclic amines) is 1. The lowest BCUT2D eigenvalue weighted by Gasteiger charge is -2.34.